The van der Waals surface area contributed by atoms with Crippen LogP contribution in [0.5, 0.6) is 5.75 Å². The predicted octanol–water partition coefficient (Wildman–Crippen LogP) is 4.06. The van der Waals surface area contributed by atoms with E-state index in [1.807, 2.05) is 25.2 Å². The van der Waals surface area contributed by atoms with Crippen LogP contribution in [-0.4, -0.2) is 7.05 Å². The molecule has 0 unspecified atom stereocenters. The van der Waals surface area contributed by atoms with E-state index in [1.54, 1.807) is 0 Å². The van der Waals surface area contributed by atoms with Crippen molar-refractivity contribution in [3.8, 4) is 5.75 Å². The third-order valence-electron chi connectivity index (χ3n) is 2.98. The minimum atomic E-state index is 0.575. The zero-order valence-corrected chi connectivity index (χ0v) is 12.8. The second-order valence-electron chi connectivity index (χ2n) is 4.51. The third-order valence-corrected chi connectivity index (χ3v) is 3.71. The second kappa shape index (κ2) is 6.73. The first-order chi connectivity index (χ1) is 9.20. The highest BCUT2D eigenvalue weighted by molar-refractivity contribution is 9.10. The van der Waals surface area contributed by atoms with E-state index in [1.165, 1.54) is 5.56 Å². The lowest BCUT2D eigenvalue weighted by atomic mass is 10.1. The van der Waals surface area contributed by atoms with E-state index in [0.717, 1.165) is 27.9 Å². The van der Waals surface area contributed by atoms with Gasteiger partial charge in [0.1, 0.15) is 12.4 Å². The monoisotopic (exact) mass is 319 g/mol. The number of halogens is 1. The van der Waals surface area contributed by atoms with Crippen molar-refractivity contribution in [2.75, 3.05) is 7.05 Å². The molecule has 0 atom stereocenters. The number of aryl methyl sites for hydroxylation is 1. The maximum atomic E-state index is 5.86. The van der Waals surface area contributed by atoms with Crippen LogP contribution >= 0.6 is 15.9 Å². The molecule has 0 radical (unpaired) electrons. The summed E-state index contributed by atoms with van der Waals surface area (Å²) in [5, 5.41) is 3.14. The molecule has 2 aromatic rings. The summed E-state index contributed by atoms with van der Waals surface area (Å²) in [7, 11) is 1.95. The molecule has 3 heteroatoms. The SMILES string of the molecule is CNCc1ccc(COc2ccccc2C)c(Br)c1. The molecule has 0 fully saturated rings. The largest absolute Gasteiger partial charge is 0.489 e. The summed E-state index contributed by atoms with van der Waals surface area (Å²) in [5.74, 6) is 0.939. The zero-order chi connectivity index (χ0) is 13.7. The number of rotatable bonds is 5. The number of hydrogen-bond donors (Lipinski definition) is 1. The lowest BCUT2D eigenvalue weighted by Crippen LogP contribution is -2.05. The summed E-state index contributed by atoms with van der Waals surface area (Å²) in [6.45, 7) is 3.50. The molecular weight excluding hydrogens is 302 g/mol. The van der Waals surface area contributed by atoms with Crippen LogP contribution in [-0.2, 0) is 13.2 Å². The average Bonchev–Trinajstić information content (AvgIpc) is 2.40. The van der Waals surface area contributed by atoms with Gasteiger partial charge >= 0.3 is 0 Å². The maximum Gasteiger partial charge on any atom is 0.122 e. The van der Waals surface area contributed by atoms with Gasteiger partial charge in [0.25, 0.3) is 0 Å². The highest BCUT2D eigenvalue weighted by atomic mass is 79.9. The van der Waals surface area contributed by atoms with E-state index < -0.39 is 0 Å². The summed E-state index contributed by atoms with van der Waals surface area (Å²) < 4.78 is 6.95. The molecule has 2 aromatic carbocycles. The molecular formula is C16H18BrNO. The van der Waals surface area contributed by atoms with Crippen molar-refractivity contribution in [1.29, 1.82) is 0 Å². The van der Waals surface area contributed by atoms with E-state index in [-0.39, 0.29) is 0 Å². The Labute approximate surface area is 122 Å². The first-order valence-electron chi connectivity index (χ1n) is 6.31. The highest BCUT2D eigenvalue weighted by Gasteiger charge is 2.04. The molecule has 0 aliphatic carbocycles. The van der Waals surface area contributed by atoms with Gasteiger partial charge in [-0.1, -0.05) is 46.3 Å². The summed E-state index contributed by atoms with van der Waals surface area (Å²) in [4.78, 5) is 0. The molecule has 0 aromatic heterocycles. The minimum absolute atomic E-state index is 0.575. The Morgan fingerprint density at radius 2 is 1.95 bits per heavy atom. The number of nitrogens with one attached hydrogen (secondary N) is 1. The molecule has 0 saturated carbocycles. The third kappa shape index (κ3) is 3.82. The summed E-state index contributed by atoms with van der Waals surface area (Å²) in [6.07, 6.45) is 0. The Kier molecular flexibility index (Phi) is 5.00. The normalized spacial score (nSPS) is 10.5. The maximum absolute atomic E-state index is 5.86. The Hall–Kier alpha value is -1.32. The van der Waals surface area contributed by atoms with Crippen LogP contribution in [0, 0.1) is 6.92 Å². The number of para-hydroxylation sites is 1. The van der Waals surface area contributed by atoms with Gasteiger partial charge in [0, 0.05) is 16.6 Å². The van der Waals surface area contributed by atoms with E-state index in [9.17, 15) is 0 Å². The molecule has 1 N–H and O–H groups in total. The van der Waals surface area contributed by atoms with Crippen molar-refractivity contribution >= 4 is 15.9 Å². The smallest absolute Gasteiger partial charge is 0.122 e. The van der Waals surface area contributed by atoms with Gasteiger partial charge in [-0.25, -0.2) is 0 Å². The van der Waals surface area contributed by atoms with Crippen molar-refractivity contribution in [2.24, 2.45) is 0 Å². The summed E-state index contributed by atoms with van der Waals surface area (Å²) in [6, 6.07) is 14.4. The van der Waals surface area contributed by atoms with Crippen molar-refractivity contribution in [3.05, 3.63) is 63.6 Å². The van der Waals surface area contributed by atoms with Crippen LogP contribution in [0.2, 0.25) is 0 Å². The fraction of sp³-hybridized carbons (Fsp3) is 0.250. The standard InChI is InChI=1S/C16H18BrNO/c1-12-5-3-4-6-16(12)19-11-14-8-7-13(10-18-2)9-15(14)17/h3-9,18H,10-11H2,1-2H3. The molecule has 0 aliphatic rings. The average molecular weight is 320 g/mol. The predicted molar refractivity (Wildman–Crippen MR) is 82.4 cm³/mol. The van der Waals surface area contributed by atoms with Gasteiger partial charge in [-0.3, -0.25) is 0 Å². The van der Waals surface area contributed by atoms with Crippen LogP contribution < -0.4 is 10.1 Å². The number of benzene rings is 2. The van der Waals surface area contributed by atoms with Crippen LogP contribution in [0.4, 0.5) is 0 Å². The van der Waals surface area contributed by atoms with Crippen molar-refractivity contribution in [1.82, 2.24) is 5.32 Å². The van der Waals surface area contributed by atoms with E-state index in [4.69, 9.17) is 4.74 Å². The number of hydrogen-bond acceptors (Lipinski definition) is 2. The van der Waals surface area contributed by atoms with Crippen molar-refractivity contribution < 1.29 is 4.74 Å². The van der Waals surface area contributed by atoms with Gasteiger partial charge in [0.15, 0.2) is 0 Å². The fourth-order valence-corrected chi connectivity index (χ4v) is 2.44. The highest BCUT2D eigenvalue weighted by Crippen LogP contribution is 2.22. The van der Waals surface area contributed by atoms with Gasteiger partial charge in [0.05, 0.1) is 0 Å². The van der Waals surface area contributed by atoms with Gasteiger partial charge in [-0.15, -0.1) is 0 Å². The van der Waals surface area contributed by atoms with Crippen LogP contribution in [0.25, 0.3) is 0 Å². The van der Waals surface area contributed by atoms with Gasteiger partial charge in [-0.05, 0) is 37.2 Å². The molecule has 0 amide bonds. The van der Waals surface area contributed by atoms with E-state index in [0.29, 0.717) is 6.61 Å². The van der Waals surface area contributed by atoms with E-state index in [2.05, 4.69) is 52.4 Å². The molecule has 2 rings (SSSR count). The van der Waals surface area contributed by atoms with Crippen LogP contribution in [0.1, 0.15) is 16.7 Å². The Morgan fingerprint density at radius 3 is 2.63 bits per heavy atom. The van der Waals surface area contributed by atoms with Crippen LogP contribution in [0.15, 0.2) is 46.9 Å². The fourth-order valence-electron chi connectivity index (χ4n) is 1.90. The molecule has 0 heterocycles. The van der Waals surface area contributed by atoms with Gasteiger partial charge in [-0.2, -0.15) is 0 Å². The Balaban J connectivity index is 2.06. The summed E-state index contributed by atoms with van der Waals surface area (Å²) >= 11 is 3.60. The molecule has 0 spiro atoms. The zero-order valence-electron chi connectivity index (χ0n) is 11.2. The summed E-state index contributed by atoms with van der Waals surface area (Å²) in [5.41, 5.74) is 3.57. The molecule has 0 saturated heterocycles. The lowest BCUT2D eigenvalue weighted by molar-refractivity contribution is 0.303. The van der Waals surface area contributed by atoms with Crippen LogP contribution in [0.3, 0.4) is 0 Å². The Bertz CT molecular complexity index is 554. The molecule has 2 nitrogen and oxygen atoms in total. The van der Waals surface area contributed by atoms with Gasteiger partial charge < -0.3 is 10.1 Å². The lowest BCUT2D eigenvalue weighted by Gasteiger charge is -2.11. The Morgan fingerprint density at radius 1 is 1.16 bits per heavy atom. The van der Waals surface area contributed by atoms with Crippen molar-refractivity contribution in [2.45, 2.75) is 20.1 Å². The molecule has 19 heavy (non-hydrogen) atoms. The topological polar surface area (TPSA) is 21.3 Å². The van der Waals surface area contributed by atoms with Gasteiger partial charge in [0.2, 0.25) is 0 Å². The molecule has 100 valence electrons. The van der Waals surface area contributed by atoms with E-state index >= 15 is 0 Å². The molecule has 0 bridgehead atoms. The second-order valence-corrected chi connectivity index (χ2v) is 5.36. The van der Waals surface area contributed by atoms with Crippen molar-refractivity contribution in [3.63, 3.8) is 0 Å². The number of ether oxygens (including phenoxy) is 1. The first-order valence-corrected chi connectivity index (χ1v) is 7.10. The minimum Gasteiger partial charge on any atom is -0.489 e. The first kappa shape index (κ1) is 14.1. The molecule has 0 aliphatic heterocycles. The quantitative estimate of drug-likeness (QED) is 0.897.